The molecule has 0 aromatic heterocycles. The van der Waals surface area contributed by atoms with E-state index < -0.39 is 72.8 Å². The molecule has 0 bridgehead atoms. The molecule has 54 heavy (non-hydrogen) atoms. The maximum atomic E-state index is 13.7. The van der Waals surface area contributed by atoms with Gasteiger partial charge in [-0.15, -0.1) is 0 Å². The molecular formula is C41H64O13. The minimum absolute atomic E-state index is 0.00306. The van der Waals surface area contributed by atoms with Crippen LogP contribution in [0.3, 0.4) is 0 Å². The summed E-state index contributed by atoms with van der Waals surface area (Å²) < 4.78 is 23.7. The lowest BCUT2D eigenvalue weighted by molar-refractivity contribution is -0.367. The number of hydrogen-bond acceptors (Lipinski definition) is 12. The third-order valence-electron chi connectivity index (χ3n) is 16.8. The standard InChI is InChI=1S/C41H64O13/c1-36(2)16-21-20-8-9-24-38(4)12-11-26(39(5,19-42)23(38)10-13-41(24,7)40(20,6)15-14-37(21,3)25(44)17-36)52-35-32(29(47)28(46)31(53-35)33(49)50)54-34-30(48)27(45)22(43)18-51-34/h8,21-24,26-32,34-35,42-43,45-48H,9-19H2,1-7H3,(H,49,50). The summed E-state index contributed by atoms with van der Waals surface area (Å²) in [5.41, 5.74) is -0.0359. The van der Waals surface area contributed by atoms with E-state index in [9.17, 15) is 45.3 Å². The van der Waals surface area contributed by atoms with Crippen LogP contribution in [0.5, 0.6) is 0 Å². The quantitative estimate of drug-likeness (QED) is 0.153. The molecule has 13 heteroatoms. The van der Waals surface area contributed by atoms with E-state index in [4.69, 9.17) is 18.9 Å². The van der Waals surface area contributed by atoms with Gasteiger partial charge in [-0.1, -0.05) is 60.1 Å². The van der Waals surface area contributed by atoms with Crippen LogP contribution in [-0.4, -0.2) is 122 Å². The van der Waals surface area contributed by atoms with Crippen molar-refractivity contribution in [3.63, 3.8) is 0 Å². The minimum atomic E-state index is -1.92. The van der Waals surface area contributed by atoms with Crippen molar-refractivity contribution < 1.29 is 64.3 Å². The van der Waals surface area contributed by atoms with E-state index in [0.29, 0.717) is 24.5 Å². The lowest BCUT2D eigenvalue weighted by Gasteiger charge is -2.71. The molecule has 306 valence electrons. The summed E-state index contributed by atoms with van der Waals surface area (Å²) in [4.78, 5) is 25.8. The second kappa shape index (κ2) is 13.5. The molecule has 0 aromatic rings. The first-order chi connectivity index (χ1) is 25.1. The summed E-state index contributed by atoms with van der Waals surface area (Å²) >= 11 is 0. The lowest BCUT2D eigenvalue weighted by atomic mass is 9.33. The lowest BCUT2D eigenvalue weighted by Crippen LogP contribution is -2.67. The first kappa shape index (κ1) is 40.7. The fourth-order valence-electron chi connectivity index (χ4n) is 13.2. The molecule has 2 heterocycles. The number of hydrogen-bond donors (Lipinski definition) is 7. The highest BCUT2D eigenvalue weighted by molar-refractivity contribution is 5.87. The van der Waals surface area contributed by atoms with Crippen LogP contribution in [0.2, 0.25) is 0 Å². The maximum Gasteiger partial charge on any atom is 0.335 e. The fraction of sp³-hybridized carbons (Fsp3) is 0.902. The average molecular weight is 765 g/mol. The Balaban J connectivity index is 1.17. The van der Waals surface area contributed by atoms with Crippen LogP contribution in [0, 0.1) is 50.2 Å². The molecule has 18 atom stereocenters. The number of carboxylic acid groups (broad SMARTS) is 1. The topological polar surface area (TPSA) is 213 Å². The Morgan fingerprint density at radius 3 is 2.22 bits per heavy atom. The van der Waals surface area contributed by atoms with Gasteiger partial charge in [0.2, 0.25) is 0 Å². The number of carbonyl (C=O) groups excluding carboxylic acids is 1. The van der Waals surface area contributed by atoms with Crippen molar-refractivity contribution in [1.82, 2.24) is 0 Å². The van der Waals surface area contributed by atoms with E-state index in [2.05, 4.69) is 47.6 Å². The molecule has 7 rings (SSSR count). The van der Waals surface area contributed by atoms with E-state index >= 15 is 0 Å². The third kappa shape index (κ3) is 5.84. The number of fused-ring (bicyclic) bond motifs is 7. The number of ether oxygens (including phenoxy) is 4. The Bertz CT molecular complexity index is 1520. The molecule has 0 amide bonds. The molecule has 0 aromatic carbocycles. The van der Waals surface area contributed by atoms with Crippen LogP contribution in [-0.2, 0) is 28.5 Å². The largest absolute Gasteiger partial charge is 0.479 e. The monoisotopic (exact) mass is 764 g/mol. The Morgan fingerprint density at radius 1 is 0.852 bits per heavy atom. The Morgan fingerprint density at radius 2 is 1.56 bits per heavy atom. The van der Waals surface area contributed by atoms with Gasteiger partial charge in [0, 0.05) is 17.3 Å². The summed E-state index contributed by atoms with van der Waals surface area (Å²) in [5.74, 6) is -0.593. The maximum absolute atomic E-state index is 13.7. The van der Waals surface area contributed by atoms with Gasteiger partial charge in [-0.2, -0.15) is 0 Å². The van der Waals surface area contributed by atoms with Gasteiger partial charge in [0.25, 0.3) is 0 Å². The molecule has 0 spiro atoms. The fourth-order valence-corrected chi connectivity index (χ4v) is 13.2. The number of rotatable bonds is 6. The SMILES string of the molecule is CC1(C)CC(=O)C2(C)CCC3(C)C(=CCC4C5(C)CCC(OC6OC(C(=O)O)C(O)C(O)C6OC6OCC(O)C(O)C6O)C(C)(CO)C5CCC43C)C2C1. The van der Waals surface area contributed by atoms with Gasteiger partial charge in [-0.05, 0) is 90.8 Å². The molecule has 13 nitrogen and oxygen atoms in total. The Kier molecular flexibility index (Phi) is 10.2. The van der Waals surface area contributed by atoms with Crippen LogP contribution < -0.4 is 0 Å². The third-order valence-corrected chi connectivity index (χ3v) is 16.8. The Labute approximate surface area is 318 Å². The van der Waals surface area contributed by atoms with Crippen molar-refractivity contribution >= 4 is 11.8 Å². The number of allylic oxidation sites excluding steroid dienone is 2. The van der Waals surface area contributed by atoms with Crippen LogP contribution in [0.4, 0.5) is 0 Å². The van der Waals surface area contributed by atoms with Gasteiger partial charge in [0.05, 0.1) is 19.3 Å². The van der Waals surface area contributed by atoms with Crippen LogP contribution in [0.15, 0.2) is 11.6 Å². The molecule has 4 saturated carbocycles. The highest BCUT2D eigenvalue weighted by Gasteiger charge is 2.69. The van der Waals surface area contributed by atoms with E-state index in [0.717, 1.165) is 44.9 Å². The highest BCUT2D eigenvalue weighted by Crippen LogP contribution is 2.75. The van der Waals surface area contributed by atoms with Gasteiger partial charge in [0.1, 0.15) is 42.4 Å². The van der Waals surface area contributed by atoms with E-state index in [1.54, 1.807) is 0 Å². The number of ketones is 1. The zero-order valence-electron chi connectivity index (χ0n) is 32.9. The predicted molar refractivity (Wildman–Crippen MR) is 192 cm³/mol. The number of carbonyl (C=O) groups is 2. The average Bonchev–Trinajstić information content (AvgIpc) is 3.10. The second-order valence-corrected chi connectivity index (χ2v) is 20.2. The molecule has 7 N–H and O–H groups in total. The number of carboxylic acids is 1. The van der Waals surface area contributed by atoms with Crippen LogP contribution in [0.1, 0.15) is 106 Å². The number of aliphatic carboxylic acids is 1. The van der Waals surface area contributed by atoms with Crippen molar-refractivity contribution in [2.24, 2.45) is 50.2 Å². The van der Waals surface area contributed by atoms with E-state index in [1.807, 2.05) is 6.92 Å². The van der Waals surface area contributed by atoms with Gasteiger partial charge in [-0.25, -0.2) is 4.79 Å². The van der Waals surface area contributed by atoms with Crippen molar-refractivity contribution in [2.45, 2.75) is 168 Å². The number of aliphatic hydroxyl groups is 6. The predicted octanol–water partition coefficient (Wildman–Crippen LogP) is 2.70. The molecule has 18 unspecified atom stereocenters. The van der Waals surface area contributed by atoms with Crippen LogP contribution in [0.25, 0.3) is 0 Å². The summed E-state index contributed by atoms with van der Waals surface area (Å²) in [5, 5.41) is 73.9. The highest BCUT2D eigenvalue weighted by atomic mass is 16.8. The molecule has 2 aliphatic heterocycles. The normalized spacial score (nSPS) is 54.4. The molecule has 5 aliphatic carbocycles. The van der Waals surface area contributed by atoms with Crippen LogP contribution >= 0.6 is 0 Å². The molecule has 0 radical (unpaired) electrons. The summed E-state index contributed by atoms with van der Waals surface area (Å²) in [7, 11) is 0. The summed E-state index contributed by atoms with van der Waals surface area (Å²) in [6.45, 7) is 15.3. The molecular weight excluding hydrogens is 700 g/mol. The van der Waals surface area contributed by atoms with E-state index in [1.165, 1.54) is 5.57 Å². The zero-order chi connectivity index (χ0) is 39.6. The number of Topliss-reactive ketones (excluding diaryl/α,β-unsaturated/α-hetero) is 1. The number of aliphatic hydroxyl groups excluding tert-OH is 6. The summed E-state index contributed by atoms with van der Waals surface area (Å²) in [6.07, 6.45) is -5.81. The minimum Gasteiger partial charge on any atom is -0.479 e. The summed E-state index contributed by atoms with van der Waals surface area (Å²) in [6, 6.07) is 0. The van der Waals surface area contributed by atoms with Gasteiger partial charge >= 0.3 is 5.97 Å². The Hall–Kier alpha value is -1.52. The van der Waals surface area contributed by atoms with E-state index in [-0.39, 0.29) is 52.1 Å². The van der Waals surface area contributed by atoms with Gasteiger partial charge in [0.15, 0.2) is 18.7 Å². The van der Waals surface area contributed by atoms with Crippen molar-refractivity contribution in [3.8, 4) is 0 Å². The van der Waals surface area contributed by atoms with Crippen molar-refractivity contribution in [2.75, 3.05) is 13.2 Å². The molecule has 2 saturated heterocycles. The first-order valence-electron chi connectivity index (χ1n) is 20.1. The smallest absolute Gasteiger partial charge is 0.335 e. The van der Waals surface area contributed by atoms with Crippen molar-refractivity contribution in [1.29, 1.82) is 0 Å². The van der Waals surface area contributed by atoms with Crippen molar-refractivity contribution in [3.05, 3.63) is 11.6 Å². The second-order valence-electron chi connectivity index (χ2n) is 20.2. The van der Waals surface area contributed by atoms with Gasteiger partial charge < -0.3 is 54.7 Å². The first-order valence-corrected chi connectivity index (χ1v) is 20.1. The molecule has 7 aliphatic rings. The zero-order valence-corrected chi connectivity index (χ0v) is 32.9. The molecule has 6 fully saturated rings. The van der Waals surface area contributed by atoms with Gasteiger partial charge in [-0.3, -0.25) is 4.79 Å².